The van der Waals surface area contributed by atoms with Crippen LogP contribution >= 0.6 is 11.3 Å². The van der Waals surface area contributed by atoms with E-state index in [4.69, 9.17) is 0 Å². The molecule has 1 aliphatic rings. The minimum absolute atomic E-state index is 0.219. The van der Waals surface area contributed by atoms with Crippen LogP contribution in [-0.4, -0.2) is 36.7 Å². The molecule has 0 spiro atoms. The minimum Gasteiger partial charge on any atom is -0.298 e. The van der Waals surface area contributed by atoms with Crippen molar-refractivity contribution >= 4 is 32.4 Å². The number of hydrogen-bond donors (Lipinski definition) is 1. The zero-order valence-corrected chi connectivity index (χ0v) is 18.3. The van der Waals surface area contributed by atoms with E-state index < -0.39 is 10.0 Å². The quantitative estimate of drug-likeness (QED) is 0.630. The Morgan fingerprint density at radius 1 is 1.07 bits per heavy atom. The summed E-state index contributed by atoms with van der Waals surface area (Å²) in [6.45, 7) is 3.13. The summed E-state index contributed by atoms with van der Waals surface area (Å²) in [5.74, 6) is -0.318. The second-order valence-corrected chi connectivity index (χ2v) is 10.1. The Hall–Kier alpha value is -2.55. The van der Waals surface area contributed by atoms with Gasteiger partial charge in [-0.05, 0) is 50.1 Å². The fraction of sp³-hybridized carbons (Fsp3) is 0.273. The van der Waals surface area contributed by atoms with Gasteiger partial charge < -0.3 is 0 Å². The summed E-state index contributed by atoms with van der Waals surface area (Å²) in [6, 6.07) is 14.1. The Morgan fingerprint density at radius 3 is 2.50 bits per heavy atom. The van der Waals surface area contributed by atoms with E-state index in [9.17, 15) is 13.2 Å². The van der Waals surface area contributed by atoms with Gasteiger partial charge in [-0.3, -0.25) is 10.1 Å². The SMILES string of the molecule is Cc1cccc(-c2csc(NC(=O)c3ccc(S(=O)(=O)N4CCCCC4)cc3)n2)c1. The van der Waals surface area contributed by atoms with Gasteiger partial charge in [0.1, 0.15) is 0 Å². The Kier molecular flexibility index (Phi) is 5.99. The average Bonchev–Trinajstić information content (AvgIpc) is 3.23. The molecular weight excluding hydrogens is 418 g/mol. The van der Waals surface area contributed by atoms with Crippen molar-refractivity contribution in [2.24, 2.45) is 0 Å². The van der Waals surface area contributed by atoms with Gasteiger partial charge in [-0.1, -0.05) is 30.2 Å². The lowest BCUT2D eigenvalue weighted by atomic mass is 10.1. The first-order valence-corrected chi connectivity index (χ1v) is 12.2. The van der Waals surface area contributed by atoms with E-state index >= 15 is 0 Å². The smallest absolute Gasteiger partial charge is 0.257 e. The molecule has 1 aliphatic heterocycles. The van der Waals surface area contributed by atoms with Gasteiger partial charge in [0.05, 0.1) is 10.6 Å². The van der Waals surface area contributed by atoms with Crippen molar-refractivity contribution < 1.29 is 13.2 Å². The Labute approximate surface area is 180 Å². The van der Waals surface area contributed by atoms with Crippen LogP contribution in [0.2, 0.25) is 0 Å². The fourth-order valence-corrected chi connectivity index (χ4v) is 5.70. The van der Waals surface area contributed by atoms with Crippen LogP contribution in [0.3, 0.4) is 0 Å². The number of nitrogens with zero attached hydrogens (tertiary/aromatic N) is 2. The van der Waals surface area contributed by atoms with Crippen molar-refractivity contribution in [2.75, 3.05) is 18.4 Å². The largest absolute Gasteiger partial charge is 0.298 e. The monoisotopic (exact) mass is 441 g/mol. The number of carbonyl (C=O) groups excluding carboxylic acids is 1. The number of aryl methyl sites for hydroxylation is 1. The van der Waals surface area contributed by atoms with Crippen molar-refractivity contribution in [1.29, 1.82) is 0 Å². The number of hydrogen-bond acceptors (Lipinski definition) is 5. The van der Waals surface area contributed by atoms with Gasteiger partial charge in [-0.2, -0.15) is 4.31 Å². The number of benzene rings is 2. The van der Waals surface area contributed by atoms with Crippen LogP contribution in [0.5, 0.6) is 0 Å². The number of amides is 1. The van der Waals surface area contributed by atoms with Crippen molar-refractivity contribution in [3.8, 4) is 11.3 Å². The highest BCUT2D eigenvalue weighted by atomic mass is 32.2. The first-order chi connectivity index (χ1) is 14.4. The van der Waals surface area contributed by atoms with Gasteiger partial charge in [0.25, 0.3) is 5.91 Å². The number of piperidine rings is 1. The van der Waals surface area contributed by atoms with E-state index in [-0.39, 0.29) is 10.8 Å². The summed E-state index contributed by atoms with van der Waals surface area (Å²) in [7, 11) is -3.50. The Balaban J connectivity index is 1.45. The molecule has 4 rings (SSSR count). The topological polar surface area (TPSA) is 79.4 Å². The van der Waals surface area contributed by atoms with Crippen LogP contribution in [0.1, 0.15) is 35.2 Å². The summed E-state index contributed by atoms with van der Waals surface area (Å²) in [5, 5.41) is 5.20. The summed E-state index contributed by atoms with van der Waals surface area (Å²) in [6.07, 6.45) is 2.84. The van der Waals surface area contributed by atoms with Gasteiger partial charge in [-0.15, -0.1) is 11.3 Å². The molecule has 1 fully saturated rings. The molecule has 0 radical (unpaired) electrons. The lowest BCUT2D eigenvalue weighted by Gasteiger charge is -2.25. The number of carbonyl (C=O) groups is 1. The third-order valence-electron chi connectivity index (χ3n) is 5.11. The van der Waals surface area contributed by atoms with Crippen LogP contribution in [0.25, 0.3) is 11.3 Å². The minimum atomic E-state index is -3.50. The maximum Gasteiger partial charge on any atom is 0.257 e. The normalized spacial score (nSPS) is 15.1. The van der Waals surface area contributed by atoms with E-state index in [2.05, 4.69) is 10.3 Å². The van der Waals surface area contributed by atoms with E-state index in [0.717, 1.165) is 36.1 Å². The highest BCUT2D eigenvalue weighted by molar-refractivity contribution is 7.89. The molecule has 0 atom stereocenters. The van der Waals surface area contributed by atoms with Crippen LogP contribution in [0.4, 0.5) is 5.13 Å². The van der Waals surface area contributed by atoms with Gasteiger partial charge in [0, 0.05) is 29.6 Å². The van der Waals surface area contributed by atoms with Gasteiger partial charge >= 0.3 is 0 Å². The molecule has 8 heteroatoms. The molecule has 6 nitrogen and oxygen atoms in total. The first-order valence-electron chi connectivity index (χ1n) is 9.88. The lowest BCUT2D eigenvalue weighted by molar-refractivity contribution is 0.102. The standard InChI is InChI=1S/C22H23N3O3S2/c1-16-6-5-7-18(14-16)20-15-29-22(23-20)24-21(26)17-8-10-19(11-9-17)30(27,28)25-12-3-2-4-13-25/h5-11,14-15H,2-4,12-13H2,1H3,(H,23,24,26). The van der Waals surface area contributed by atoms with Gasteiger partial charge in [0.15, 0.2) is 5.13 Å². The maximum absolute atomic E-state index is 12.7. The fourth-order valence-electron chi connectivity index (χ4n) is 3.47. The molecule has 2 aromatic carbocycles. The molecular formula is C22H23N3O3S2. The summed E-state index contributed by atoms with van der Waals surface area (Å²) >= 11 is 1.35. The van der Waals surface area contributed by atoms with Crippen LogP contribution < -0.4 is 5.32 Å². The number of anilines is 1. The average molecular weight is 442 g/mol. The highest BCUT2D eigenvalue weighted by Crippen LogP contribution is 2.26. The number of nitrogens with one attached hydrogen (secondary N) is 1. The molecule has 156 valence electrons. The summed E-state index contributed by atoms with van der Waals surface area (Å²) < 4.78 is 27.0. The Morgan fingerprint density at radius 2 is 1.80 bits per heavy atom. The predicted molar refractivity (Wildman–Crippen MR) is 119 cm³/mol. The molecule has 0 saturated carbocycles. The number of sulfonamides is 1. The van der Waals surface area contributed by atoms with Crippen molar-refractivity contribution in [2.45, 2.75) is 31.1 Å². The molecule has 1 amide bonds. The highest BCUT2D eigenvalue weighted by Gasteiger charge is 2.26. The van der Waals surface area contributed by atoms with Crippen LogP contribution in [0.15, 0.2) is 58.8 Å². The molecule has 2 heterocycles. The Bertz CT molecular complexity index is 1150. The molecule has 0 unspecified atom stereocenters. The van der Waals surface area contributed by atoms with Crippen LogP contribution in [0, 0.1) is 6.92 Å². The van der Waals surface area contributed by atoms with E-state index in [1.807, 2.05) is 36.6 Å². The predicted octanol–water partition coefficient (Wildman–Crippen LogP) is 4.55. The lowest BCUT2D eigenvalue weighted by Crippen LogP contribution is -2.35. The molecule has 0 bridgehead atoms. The summed E-state index contributed by atoms with van der Waals surface area (Å²) in [4.78, 5) is 17.3. The summed E-state index contributed by atoms with van der Waals surface area (Å²) in [5.41, 5.74) is 3.34. The van der Waals surface area contributed by atoms with E-state index in [1.54, 1.807) is 12.1 Å². The van der Waals surface area contributed by atoms with Crippen molar-refractivity contribution in [1.82, 2.24) is 9.29 Å². The van der Waals surface area contributed by atoms with Crippen LogP contribution in [-0.2, 0) is 10.0 Å². The molecule has 0 aliphatic carbocycles. The maximum atomic E-state index is 12.7. The zero-order chi connectivity index (χ0) is 21.1. The third-order valence-corrected chi connectivity index (χ3v) is 7.78. The van der Waals surface area contributed by atoms with Gasteiger partial charge in [-0.25, -0.2) is 13.4 Å². The van der Waals surface area contributed by atoms with Crippen molar-refractivity contribution in [3.05, 3.63) is 65.0 Å². The van der Waals surface area contributed by atoms with E-state index in [0.29, 0.717) is 23.8 Å². The molecule has 30 heavy (non-hydrogen) atoms. The number of aromatic nitrogens is 1. The molecule has 1 saturated heterocycles. The molecule has 3 aromatic rings. The number of rotatable bonds is 5. The molecule has 1 N–H and O–H groups in total. The first kappa shape index (κ1) is 20.7. The van der Waals surface area contributed by atoms with E-state index in [1.165, 1.54) is 27.8 Å². The second kappa shape index (κ2) is 8.67. The third kappa shape index (κ3) is 4.45. The number of thiazole rings is 1. The molecule has 1 aromatic heterocycles. The van der Waals surface area contributed by atoms with Crippen molar-refractivity contribution in [3.63, 3.8) is 0 Å². The zero-order valence-electron chi connectivity index (χ0n) is 16.7. The second-order valence-electron chi connectivity index (χ2n) is 7.35. The van der Waals surface area contributed by atoms with Gasteiger partial charge in [0.2, 0.25) is 10.0 Å².